The van der Waals surface area contributed by atoms with Crippen LogP contribution in [0.15, 0.2) is 36.0 Å². The van der Waals surface area contributed by atoms with Gasteiger partial charge in [0.05, 0.1) is 0 Å². The van der Waals surface area contributed by atoms with Crippen molar-refractivity contribution in [3.05, 3.63) is 41.6 Å². The van der Waals surface area contributed by atoms with Crippen LogP contribution < -0.4 is 0 Å². The number of benzene rings is 1. The van der Waals surface area contributed by atoms with Crippen molar-refractivity contribution in [2.45, 2.75) is 5.67 Å². The summed E-state index contributed by atoms with van der Waals surface area (Å²) in [4.78, 5) is 0. The van der Waals surface area contributed by atoms with Crippen LogP contribution in [0.4, 0.5) is 0 Å². The number of hydrogen-bond acceptors (Lipinski definition) is 0. The molecule has 0 heterocycles. The molecule has 0 amide bonds. The normalized spacial score (nSPS) is 12.6. The number of halogens is 4. The summed E-state index contributed by atoms with van der Waals surface area (Å²) in [5.41, 5.74) is 3.46. The van der Waals surface area contributed by atoms with Crippen molar-refractivity contribution < 1.29 is 0 Å². The van der Waals surface area contributed by atoms with Crippen LogP contribution in [0.2, 0.25) is 5.67 Å². The highest BCUT2D eigenvalue weighted by Gasteiger charge is 2.29. The summed E-state index contributed by atoms with van der Waals surface area (Å²) in [7, 11) is -1.40. The van der Waals surface area contributed by atoms with Crippen LogP contribution in [0.1, 0.15) is 5.56 Å². The third-order valence-corrected chi connectivity index (χ3v) is 10.9. The molecule has 81 valence electrons. The minimum atomic E-state index is -2.40. The molecule has 0 N–H and O–H groups in total. The smallest absolute Gasteiger partial charge is 0.147 e. The summed E-state index contributed by atoms with van der Waals surface area (Å²) < 4.78 is 0. The lowest BCUT2D eigenvalue weighted by Crippen LogP contribution is -2.20. The zero-order chi connectivity index (χ0) is 11.3. The molecule has 0 saturated heterocycles. The molecule has 0 spiro atoms. The van der Waals surface area contributed by atoms with Gasteiger partial charge < -0.3 is 0 Å². The molecule has 1 radical (unpaired) electrons. The minimum absolute atomic E-state index is 0.535. The maximum atomic E-state index is 6.16. The Labute approximate surface area is 111 Å². The van der Waals surface area contributed by atoms with E-state index < -0.39 is 14.1 Å². The van der Waals surface area contributed by atoms with Gasteiger partial charge in [-0.15, -0.1) is 44.3 Å². The van der Waals surface area contributed by atoms with Gasteiger partial charge in [0.25, 0.3) is 14.1 Å². The average molecular weight is 315 g/mol. The van der Waals surface area contributed by atoms with Crippen LogP contribution in [-0.2, 0) is 0 Å². The fraction of sp³-hybridized carbons (Fsp3) is 0.111. The molecule has 1 rings (SSSR count). The summed E-state index contributed by atoms with van der Waals surface area (Å²) in [5.74, 6) is 0. The van der Waals surface area contributed by atoms with E-state index in [-0.39, 0.29) is 0 Å². The minimum Gasteiger partial charge on any atom is -0.147 e. The first-order valence-corrected chi connectivity index (χ1v) is 12.3. The summed E-state index contributed by atoms with van der Waals surface area (Å²) in [5, 5.41) is 0. The first-order valence-electron chi connectivity index (χ1n) is 4.28. The van der Waals surface area contributed by atoms with E-state index in [0.29, 0.717) is 5.67 Å². The van der Waals surface area contributed by atoms with Crippen LogP contribution in [-0.4, -0.2) is 14.1 Å². The van der Waals surface area contributed by atoms with E-state index in [9.17, 15) is 0 Å². The predicted molar refractivity (Wildman–Crippen MR) is 75.2 cm³/mol. The summed E-state index contributed by atoms with van der Waals surface area (Å²) in [6.07, 6.45) is 1.92. The third-order valence-electron chi connectivity index (χ3n) is 1.69. The lowest BCUT2D eigenvalue weighted by Gasteiger charge is -2.10. The van der Waals surface area contributed by atoms with E-state index in [1.54, 1.807) is 0 Å². The molecule has 0 atom stereocenters. The highest BCUT2D eigenvalue weighted by atomic mass is 35.7. The van der Waals surface area contributed by atoms with E-state index in [1.807, 2.05) is 42.1 Å². The highest BCUT2D eigenvalue weighted by Crippen LogP contribution is 2.26. The summed E-state index contributed by atoms with van der Waals surface area (Å²) in [6.45, 7) is -2.40. The first-order chi connectivity index (χ1) is 6.99. The van der Waals surface area contributed by atoms with Crippen LogP contribution in [0.3, 0.4) is 0 Å². The Kier molecular flexibility index (Phi) is 5.75. The zero-order valence-corrected chi connectivity index (χ0v) is 12.8. The van der Waals surface area contributed by atoms with Crippen molar-refractivity contribution in [2.24, 2.45) is 0 Å². The molecule has 0 aliphatic carbocycles. The highest BCUT2D eigenvalue weighted by molar-refractivity contribution is 7.53. The molecule has 0 aromatic heterocycles. The van der Waals surface area contributed by atoms with Crippen molar-refractivity contribution in [1.82, 2.24) is 0 Å². The molecule has 0 aliphatic heterocycles. The molecule has 1 aromatic rings. The van der Waals surface area contributed by atoms with Crippen molar-refractivity contribution in [3.63, 3.8) is 0 Å². The molecular formula is C9H9Cl4Si2. The van der Waals surface area contributed by atoms with Crippen molar-refractivity contribution >= 4 is 64.5 Å². The van der Waals surface area contributed by atoms with E-state index in [0.717, 1.165) is 5.56 Å². The molecule has 0 bridgehead atoms. The average Bonchev–Trinajstić information content (AvgIpc) is 2.15. The van der Waals surface area contributed by atoms with Gasteiger partial charge in [-0.1, -0.05) is 42.1 Å². The largest absolute Gasteiger partial charge is 0.273 e. The monoisotopic (exact) mass is 313 g/mol. The van der Waals surface area contributed by atoms with Gasteiger partial charge >= 0.3 is 0 Å². The third kappa shape index (κ3) is 6.00. The molecule has 0 nitrogen and oxygen atoms in total. The van der Waals surface area contributed by atoms with E-state index in [1.165, 1.54) is 0 Å². The van der Waals surface area contributed by atoms with Gasteiger partial charge in [-0.05, 0) is 11.2 Å². The second-order valence-corrected chi connectivity index (χ2v) is 14.9. The Hall–Kier alpha value is 0.554. The van der Waals surface area contributed by atoms with Gasteiger partial charge in [-0.25, -0.2) is 0 Å². The molecule has 6 heteroatoms. The Morgan fingerprint density at radius 2 is 1.73 bits per heavy atom. The van der Waals surface area contributed by atoms with Crippen molar-refractivity contribution in [3.8, 4) is 0 Å². The maximum Gasteiger partial charge on any atom is 0.273 e. The van der Waals surface area contributed by atoms with Gasteiger partial charge in [-0.3, -0.25) is 0 Å². The fourth-order valence-electron chi connectivity index (χ4n) is 1.02. The van der Waals surface area contributed by atoms with Gasteiger partial charge in [0.2, 0.25) is 0 Å². The lowest BCUT2D eigenvalue weighted by atomic mass is 10.2. The predicted octanol–water partition coefficient (Wildman–Crippen LogP) is 4.66. The Morgan fingerprint density at radius 3 is 2.27 bits per heavy atom. The van der Waals surface area contributed by atoms with Crippen LogP contribution >= 0.6 is 44.3 Å². The molecule has 0 unspecified atom stereocenters. The van der Waals surface area contributed by atoms with Crippen LogP contribution in [0.25, 0.3) is 6.08 Å². The van der Waals surface area contributed by atoms with Crippen LogP contribution in [0.5, 0.6) is 0 Å². The quantitative estimate of drug-likeness (QED) is 0.560. The molecule has 15 heavy (non-hydrogen) atoms. The van der Waals surface area contributed by atoms with Gasteiger partial charge in [-0.2, -0.15) is 0 Å². The SMILES string of the molecule is Cl[Si](Cl)C[Si](Cl)(Cl)/C=C/c1ccccc1. The Morgan fingerprint density at radius 1 is 1.13 bits per heavy atom. The van der Waals surface area contributed by atoms with Gasteiger partial charge in [0, 0.05) is 0 Å². The molecular weight excluding hydrogens is 306 g/mol. The molecule has 0 fully saturated rings. The lowest BCUT2D eigenvalue weighted by molar-refractivity contribution is 1.66. The fourth-order valence-corrected chi connectivity index (χ4v) is 12.4. The first kappa shape index (κ1) is 13.6. The van der Waals surface area contributed by atoms with Crippen molar-refractivity contribution in [2.75, 3.05) is 0 Å². The number of hydrogen-bond donors (Lipinski definition) is 0. The van der Waals surface area contributed by atoms with Crippen molar-refractivity contribution in [1.29, 1.82) is 0 Å². The van der Waals surface area contributed by atoms with Crippen LogP contribution in [0, 0.1) is 0 Å². The maximum absolute atomic E-state index is 6.16. The molecule has 0 aliphatic rings. The second kappa shape index (κ2) is 6.33. The standard InChI is InChI=1S/C9H9Cl4Si2/c10-14(11)8-15(12,13)7-6-9-4-2-1-3-5-9/h1-7H,8H2/b7-6+. The van der Waals surface area contributed by atoms with E-state index in [4.69, 9.17) is 44.3 Å². The molecule has 1 aromatic carbocycles. The van der Waals surface area contributed by atoms with Gasteiger partial charge in [0.1, 0.15) is 0 Å². The van der Waals surface area contributed by atoms with E-state index >= 15 is 0 Å². The topological polar surface area (TPSA) is 0 Å². The summed E-state index contributed by atoms with van der Waals surface area (Å²) in [6, 6.07) is 9.86. The summed E-state index contributed by atoms with van der Waals surface area (Å²) >= 11 is 23.8. The Balaban J connectivity index is 2.64. The zero-order valence-electron chi connectivity index (χ0n) is 7.76. The number of rotatable bonds is 4. The van der Waals surface area contributed by atoms with E-state index in [2.05, 4.69) is 0 Å². The molecule has 0 saturated carbocycles. The Bertz CT molecular complexity index is 324. The van der Waals surface area contributed by atoms with Gasteiger partial charge in [0.15, 0.2) is 0 Å². The second-order valence-electron chi connectivity index (χ2n) is 3.02.